The number of hydrogen-bond acceptors (Lipinski definition) is 5. The summed E-state index contributed by atoms with van der Waals surface area (Å²) in [5.41, 5.74) is 6.15. The van der Waals surface area contributed by atoms with Crippen LogP contribution in [0.25, 0.3) is 22.2 Å². The molecule has 1 aromatic heterocycles. The third-order valence-corrected chi connectivity index (χ3v) is 7.64. The van der Waals surface area contributed by atoms with E-state index in [9.17, 15) is 0 Å². The van der Waals surface area contributed by atoms with Crippen molar-refractivity contribution in [3.05, 3.63) is 42.0 Å². The Bertz CT molecular complexity index is 1150. The van der Waals surface area contributed by atoms with Crippen molar-refractivity contribution < 1.29 is 9.47 Å². The molecular weight excluding hydrogens is 448 g/mol. The van der Waals surface area contributed by atoms with E-state index in [-0.39, 0.29) is 0 Å². The van der Waals surface area contributed by atoms with Gasteiger partial charge in [-0.05, 0) is 101 Å². The summed E-state index contributed by atoms with van der Waals surface area (Å²) in [5, 5.41) is 1.32. The highest BCUT2D eigenvalue weighted by Crippen LogP contribution is 2.40. The highest BCUT2D eigenvalue weighted by Gasteiger charge is 2.24. The van der Waals surface area contributed by atoms with Crippen LogP contribution in [0.5, 0.6) is 11.5 Å². The standard InChI is InChI=1S/C30H44N4O2/c1-21(2)29-25-20-24(34-17-13-23(14-18-34)33(5)16-8-15-32(3)4)10-11-26(25)31-30(29)22-9-12-27(35-6)28(19-22)36-7/h9-12,19-21,23,31H,8,13-18H2,1-7H3. The van der Waals surface area contributed by atoms with E-state index in [1.54, 1.807) is 14.2 Å². The number of fused-ring (bicyclic) bond motifs is 1. The molecule has 36 heavy (non-hydrogen) atoms. The molecule has 6 heteroatoms. The van der Waals surface area contributed by atoms with Crippen molar-refractivity contribution in [2.45, 2.75) is 45.1 Å². The highest BCUT2D eigenvalue weighted by atomic mass is 16.5. The topological polar surface area (TPSA) is 44.0 Å². The Morgan fingerprint density at radius 3 is 2.31 bits per heavy atom. The second-order valence-electron chi connectivity index (χ2n) is 10.7. The largest absolute Gasteiger partial charge is 0.493 e. The maximum atomic E-state index is 5.58. The van der Waals surface area contributed by atoms with E-state index in [1.165, 1.54) is 48.0 Å². The van der Waals surface area contributed by atoms with Crippen LogP contribution in [0.4, 0.5) is 5.69 Å². The second kappa shape index (κ2) is 11.6. The minimum atomic E-state index is 0.388. The highest BCUT2D eigenvalue weighted by molar-refractivity contribution is 5.93. The molecular formula is C30H44N4O2. The van der Waals surface area contributed by atoms with Gasteiger partial charge in [0.2, 0.25) is 0 Å². The Morgan fingerprint density at radius 1 is 0.944 bits per heavy atom. The lowest BCUT2D eigenvalue weighted by atomic mass is 9.95. The molecule has 1 aliphatic rings. The van der Waals surface area contributed by atoms with Gasteiger partial charge < -0.3 is 29.2 Å². The number of benzene rings is 2. The fraction of sp³-hybridized carbons (Fsp3) is 0.533. The SMILES string of the molecule is COc1ccc(-c2[nH]c3ccc(N4CCC(N(C)CCCN(C)C)CC4)cc3c2C(C)C)cc1OC. The van der Waals surface area contributed by atoms with Gasteiger partial charge in [0.25, 0.3) is 0 Å². The van der Waals surface area contributed by atoms with E-state index in [4.69, 9.17) is 9.47 Å². The molecule has 0 bridgehead atoms. The normalized spacial score (nSPS) is 15.0. The Labute approximate surface area is 217 Å². The lowest BCUT2D eigenvalue weighted by molar-refractivity contribution is 0.199. The number of aromatic amines is 1. The summed E-state index contributed by atoms with van der Waals surface area (Å²) in [6.45, 7) is 9.10. The predicted molar refractivity (Wildman–Crippen MR) is 152 cm³/mol. The molecule has 4 rings (SSSR count). The number of anilines is 1. The van der Waals surface area contributed by atoms with Crippen molar-refractivity contribution in [1.82, 2.24) is 14.8 Å². The van der Waals surface area contributed by atoms with E-state index in [1.807, 2.05) is 6.07 Å². The lowest BCUT2D eigenvalue weighted by Crippen LogP contribution is -2.44. The number of aromatic nitrogens is 1. The lowest BCUT2D eigenvalue weighted by Gasteiger charge is -2.38. The van der Waals surface area contributed by atoms with Crippen LogP contribution in [0.3, 0.4) is 0 Å². The van der Waals surface area contributed by atoms with Gasteiger partial charge in [-0.2, -0.15) is 0 Å². The third kappa shape index (κ3) is 5.65. The van der Waals surface area contributed by atoms with E-state index in [2.05, 4.69) is 85.0 Å². The molecule has 2 aromatic carbocycles. The van der Waals surface area contributed by atoms with Crippen LogP contribution in [0.15, 0.2) is 36.4 Å². The minimum absolute atomic E-state index is 0.388. The Hall–Kier alpha value is -2.70. The van der Waals surface area contributed by atoms with Gasteiger partial charge in [0.1, 0.15) is 0 Å². The van der Waals surface area contributed by atoms with Crippen molar-refractivity contribution in [2.75, 3.05) is 66.4 Å². The summed E-state index contributed by atoms with van der Waals surface area (Å²) in [4.78, 5) is 11.1. The van der Waals surface area contributed by atoms with Crippen LogP contribution in [-0.4, -0.2) is 82.4 Å². The maximum Gasteiger partial charge on any atom is 0.161 e. The molecule has 1 fully saturated rings. The number of piperidine rings is 1. The quantitative estimate of drug-likeness (QED) is 0.386. The average molecular weight is 493 g/mol. The number of rotatable bonds is 10. The van der Waals surface area contributed by atoms with Gasteiger partial charge in [-0.15, -0.1) is 0 Å². The van der Waals surface area contributed by atoms with Gasteiger partial charge in [-0.1, -0.05) is 13.8 Å². The summed E-state index contributed by atoms with van der Waals surface area (Å²) < 4.78 is 11.0. The van der Waals surface area contributed by atoms with E-state index in [0.29, 0.717) is 12.0 Å². The first-order valence-corrected chi connectivity index (χ1v) is 13.3. The first-order chi connectivity index (χ1) is 17.3. The van der Waals surface area contributed by atoms with E-state index < -0.39 is 0 Å². The van der Waals surface area contributed by atoms with Gasteiger partial charge in [0.05, 0.1) is 19.9 Å². The summed E-state index contributed by atoms with van der Waals surface area (Å²) in [7, 11) is 9.97. The molecule has 0 amide bonds. The molecule has 3 aromatic rings. The molecule has 6 nitrogen and oxygen atoms in total. The molecule has 1 N–H and O–H groups in total. The van der Waals surface area contributed by atoms with Crippen LogP contribution in [-0.2, 0) is 0 Å². The molecule has 0 unspecified atom stereocenters. The summed E-state index contributed by atoms with van der Waals surface area (Å²) >= 11 is 0. The summed E-state index contributed by atoms with van der Waals surface area (Å²) in [6, 6.07) is 13.8. The molecule has 2 heterocycles. The van der Waals surface area contributed by atoms with Crippen LogP contribution in [0.2, 0.25) is 0 Å². The minimum Gasteiger partial charge on any atom is -0.493 e. The molecule has 0 radical (unpaired) electrons. The number of H-pyrrole nitrogens is 1. The second-order valence-corrected chi connectivity index (χ2v) is 10.7. The van der Waals surface area contributed by atoms with Gasteiger partial charge in [-0.25, -0.2) is 0 Å². The zero-order chi connectivity index (χ0) is 25.8. The van der Waals surface area contributed by atoms with Crippen molar-refractivity contribution in [3.63, 3.8) is 0 Å². The van der Waals surface area contributed by atoms with E-state index >= 15 is 0 Å². The molecule has 0 atom stereocenters. The summed E-state index contributed by atoms with van der Waals surface area (Å²) in [5.74, 6) is 1.88. The van der Waals surface area contributed by atoms with Crippen molar-refractivity contribution in [2.24, 2.45) is 0 Å². The van der Waals surface area contributed by atoms with Gasteiger partial charge in [0, 0.05) is 41.3 Å². The molecule has 0 spiro atoms. The van der Waals surface area contributed by atoms with Gasteiger partial charge in [0.15, 0.2) is 11.5 Å². The first kappa shape index (κ1) is 26.4. The number of methoxy groups -OCH3 is 2. The van der Waals surface area contributed by atoms with Crippen LogP contribution < -0.4 is 14.4 Å². The van der Waals surface area contributed by atoms with Crippen LogP contribution >= 0.6 is 0 Å². The summed E-state index contributed by atoms with van der Waals surface area (Å²) in [6.07, 6.45) is 3.67. The van der Waals surface area contributed by atoms with Crippen molar-refractivity contribution in [3.8, 4) is 22.8 Å². The van der Waals surface area contributed by atoms with Crippen LogP contribution in [0.1, 0.15) is 44.6 Å². The van der Waals surface area contributed by atoms with Crippen molar-refractivity contribution in [1.29, 1.82) is 0 Å². The number of hydrogen-bond donors (Lipinski definition) is 1. The zero-order valence-corrected chi connectivity index (χ0v) is 23.2. The maximum absolute atomic E-state index is 5.58. The van der Waals surface area contributed by atoms with Gasteiger partial charge in [-0.3, -0.25) is 0 Å². The molecule has 0 aliphatic carbocycles. The third-order valence-electron chi connectivity index (χ3n) is 7.64. The van der Waals surface area contributed by atoms with Gasteiger partial charge >= 0.3 is 0 Å². The fourth-order valence-corrected chi connectivity index (χ4v) is 5.60. The number of ether oxygens (including phenoxy) is 2. The number of nitrogens with one attached hydrogen (secondary N) is 1. The smallest absolute Gasteiger partial charge is 0.161 e. The zero-order valence-electron chi connectivity index (χ0n) is 23.2. The number of nitrogens with zero attached hydrogens (tertiary/aromatic N) is 3. The predicted octanol–water partition coefficient (Wildman–Crippen LogP) is 5.83. The Kier molecular flexibility index (Phi) is 8.47. The average Bonchev–Trinajstić information content (AvgIpc) is 3.27. The van der Waals surface area contributed by atoms with E-state index in [0.717, 1.165) is 42.4 Å². The fourth-order valence-electron chi connectivity index (χ4n) is 5.60. The van der Waals surface area contributed by atoms with Crippen LogP contribution in [0, 0.1) is 0 Å². The molecule has 1 aliphatic heterocycles. The Morgan fingerprint density at radius 2 is 1.67 bits per heavy atom. The molecule has 0 saturated carbocycles. The molecule has 196 valence electrons. The molecule has 1 saturated heterocycles. The van der Waals surface area contributed by atoms with Crippen molar-refractivity contribution >= 4 is 16.6 Å². The monoisotopic (exact) mass is 492 g/mol. The Balaban J connectivity index is 1.54. The first-order valence-electron chi connectivity index (χ1n) is 13.3.